The van der Waals surface area contributed by atoms with Gasteiger partial charge >= 0.3 is 18.1 Å². The van der Waals surface area contributed by atoms with Gasteiger partial charge in [0.25, 0.3) is 12.0 Å². The predicted octanol–water partition coefficient (Wildman–Crippen LogP) is 9.77. The predicted molar refractivity (Wildman–Crippen MR) is 172 cm³/mol. The Morgan fingerprint density at radius 1 is 0.844 bits per heavy atom. The molecule has 7 rings (SSSR count). The zero-order valence-corrected chi connectivity index (χ0v) is 28.6. The molecule has 3 atom stereocenters. The van der Waals surface area contributed by atoms with E-state index in [0.717, 1.165) is 35.6 Å². The van der Waals surface area contributed by atoms with Crippen LogP contribution in [-0.2, 0) is 14.3 Å². The Morgan fingerprint density at radius 2 is 1.40 bits per heavy atom. The third kappa shape index (κ3) is 6.38. The van der Waals surface area contributed by atoms with Crippen LogP contribution >= 0.6 is 45.2 Å². The Labute approximate surface area is 283 Å². The SMILES string of the molecule is Cc1cc(I)cc(I)c1Oc1ccc2cc(OC(=O)C34CC5CC(C3)CC(C(=O)OC(C(C)(F)F)C(F)(F)F)(C5)C4)ccc2c1. The van der Waals surface area contributed by atoms with E-state index in [1.54, 1.807) is 18.2 Å². The van der Waals surface area contributed by atoms with Crippen LogP contribution in [0.3, 0.4) is 0 Å². The van der Waals surface area contributed by atoms with Crippen LogP contribution in [-0.4, -0.2) is 30.1 Å². The molecule has 0 spiro atoms. The number of hydrogen-bond donors (Lipinski definition) is 0. The summed E-state index contributed by atoms with van der Waals surface area (Å²) in [6.45, 7) is 2.07. The highest BCUT2D eigenvalue weighted by atomic mass is 127. The van der Waals surface area contributed by atoms with E-state index in [-0.39, 0.29) is 38.0 Å². The highest BCUT2D eigenvalue weighted by Crippen LogP contribution is 2.66. The summed E-state index contributed by atoms with van der Waals surface area (Å²) in [6, 6.07) is 14.8. The van der Waals surface area contributed by atoms with Crippen molar-refractivity contribution >= 4 is 67.9 Å². The average Bonchev–Trinajstić information content (AvgIpc) is 2.91. The minimum atomic E-state index is -5.44. The molecule has 0 saturated heterocycles. The summed E-state index contributed by atoms with van der Waals surface area (Å²) in [6.07, 6.45) is -7.09. The standard InChI is InChI=1S/C33H29F5I2O5/c1-17-7-22(39)11-25(40)26(17)43-23-5-3-21-10-24(6-4-20(21)9-23)44-28(41)31-12-18-8-19(13-31)15-32(14-18,16-31)29(42)45-27(30(2,34)35)33(36,37)38/h3-7,9-11,18-19,27H,8,12-16H2,1-2H3. The van der Waals surface area contributed by atoms with Crippen molar-refractivity contribution in [2.75, 3.05) is 0 Å². The molecule has 4 fully saturated rings. The highest BCUT2D eigenvalue weighted by Gasteiger charge is 2.66. The van der Waals surface area contributed by atoms with Gasteiger partial charge in [0.1, 0.15) is 17.2 Å². The molecular formula is C33H29F5I2O5. The van der Waals surface area contributed by atoms with Crippen molar-refractivity contribution in [3.8, 4) is 17.2 Å². The third-order valence-corrected chi connectivity index (χ3v) is 10.7. The Balaban J connectivity index is 1.20. The molecule has 0 radical (unpaired) electrons. The molecule has 4 aliphatic rings. The maximum absolute atomic E-state index is 13.9. The fourth-order valence-corrected chi connectivity index (χ4v) is 10.2. The van der Waals surface area contributed by atoms with Gasteiger partial charge in [-0.2, -0.15) is 13.2 Å². The summed E-state index contributed by atoms with van der Waals surface area (Å²) in [5.41, 5.74) is -1.54. The molecule has 12 heteroatoms. The van der Waals surface area contributed by atoms with E-state index in [4.69, 9.17) is 9.47 Å². The van der Waals surface area contributed by atoms with Gasteiger partial charge in [0.05, 0.1) is 14.4 Å². The third-order valence-electron chi connectivity index (χ3n) is 9.32. The molecule has 0 aromatic heterocycles. The molecule has 0 aliphatic heterocycles. The summed E-state index contributed by atoms with van der Waals surface area (Å²) in [4.78, 5) is 27.0. The van der Waals surface area contributed by atoms with E-state index >= 15 is 0 Å². The van der Waals surface area contributed by atoms with E-state index in [1.165, 1.54) is 0 Å². The second-order valence-corrected chi connectivity index (χ2v) is 15.4. The normalized spacial score (nSPS) is 26.5. The number of halogens is 7. The zero-order valence-electron chi connectivity index (χ0n) is 24.3. The van der Waals surface area contributed by atoms with E-state index in [9.17, 15) is 31.5 Å². The molecular weight excluding hydrogens is 825 g/mol. The van der Waals surface area contributed by atoms with Crippen LogP contribution in [0, 0.1) is 36.7 Å². The lowest BCUT2D eigenvalue weighted by Gasteiger charge is -2.59. The first kappa shape index (κ1) is 32.7. The van der Waals surface area contributed by atoms with Gasteiger partial charge in [0.2, 0.25) is 0 Å². The van der Waals surface area contributed by atoms with Gasteiger partial charge in [0.15, 0.2) is 0 Å². The molecule has 0 heterocycles. The number of ether oxygens (including phenoxy) is 3. The summed E-state index contributed by atoms with van der Waals surface area (Å²) in [5, 5.41) is 1.65. The maximum Gasteiger partial charge on any atom is 0.431 e. The summed E-state index contributed by atoms with van der Waals surface area (Å²) in [5.74, 6) is -4.71. The smallest absolute Gasteiger partial charge is 0.431 e. The fraction of sp³-hybridized carbons (Fsp3) is 0.455. The minimum Gasteiger partial charge on any atom is -0.456 e. The van der Waals surface area contributed by atoms with Crippen LogP contribution < -0.4 is 9.47 Å². The summed E-state index contributed by atoms with van der Waals surface area (Å²) >= 11 is 4.50. The van der Waals surface area contributed by atoms with E-state index in [2.05, 4.69) is 49.9 Å². The van der Waals surface area contributed by atoms with Gasteiger partial charge in [-0.05, 0) is 155 Å². The van der Waals surface area contributed by atoms with E-state index < -0.39 is 41.0 Å². The number of esters is 2. The van der Waals surface area contributed by atoms with Gasteiger partial charge in [0, 0.05) is 10.5 Å². The number of hydrogen-bond acceptors (Lipinski definition) is 5. The number of carbonyl (C=O) groups is 2. The number of aryl methyl sites for hydroxylation is 1. The molecule has 3 aromatic carbocycles. The second-order valence-electron chi connectivity index (χ2n) is 13.0. The molecule has 4 aliphatic carbocycles. The number of carbonyl (C=O) groups excluding carboxylic acids is 2. The van der Waals surface area contributed by atoms with Crippen LogP contribution in [0.25, 0.3) is 10.8 Å². The van der Waals surface area contributed by atoms with Crippen molar-refractivity contribution in [2.24, 2.45) is 22.7 Å². The van der Waals surface area contributed by atoms with Gasteiger partial charge in [-0.15, -0.1) is 0 Å². The quantitative estimate of drug-likeness (QED) is 0.103. The number of alkyl halides is 5. The Morgan fingerprint density at radius 3 is 1.96 bits per heavy atom. The van der Waals surface area contributed by atoms with Crippen molar-refractivity contribution in [3.63, 3.8) is 0 Å². The molecule has 0 amide bonds. The second kappa shape index (κ2) is 11.5. The van der Waals surface area contributed by atoms with E-state index in [1.807, 2.05) is 37.3 Å². The van der Waals surface area contributed by atoms with Crippen LogP contribution in [0.2, 0.25) is 0 Å². The van der Waals surface area contributed by atoms with Crippen LogP contribution in [0.5, 0.6) is 17.2 Å². The number of fused-ring (bicyclic) bond motifs is 1. The minimum absolute atomic E-state index is 0.0831. The van der Waals surface area contributed by atoms with Crippen molar-refractivity contribution in [3.05, 3.63) is 61.2 Å². The first-order chi connectivity index (χ1) is 21.0. The number of rotatable bonds is 7. The number of benzene rings is 3. The first-order valence-electron chi connectivity index (χ1n) is 14.5. The molecule has 45 heavy (non-hydrogen) atoms. The largest absolute Gasteiger partial charge is 0.456 e. The van der Waals surface area contributed by atoms with Gasteiger partial charge in [-0.1, -0.05) is 12.1 Å². The van der Waals surface area contributed by atoms with Crippen LogP contribution in [0.1, 0.15) is 51.0 Å². The Kier molecular flexibility index (Phi) is 8.34. The van der Waals surface area contributed by atoms with Gasteiger partial charge in [-0.25, -0.2) is 8.78 Å². The summed E-state index contributed by atoms with van der Waals surface area (Å²) < 4.78 is 86.7. The lowest BCUT2D eigenvalue weighted by atomic mass is 9.44. The molecule has 4 saturated carbocycles. The molecule has 3 unspecified atom stereocenters. The zero-order chi connectivity index (χ0) is 32.5. The molecule has 5 nitrogen and oxygen atoms in total. The fourth-order valence-electron chi connectivity index (χ4n) is 7.91. The first-order valence-corrected chi connectivity index (χ1v) is 16.7. The Hall–Kier alpha value is -2.23. The topological polar surface area (TPSA) is 61.8 Å². The average molecular weight is 854 g/mol. The van der Waals surface area contributed by atoms with Crippen molar-refractivity contribution in [2.45, 2.75) is 70.6 Å². The van der Waals surface area contributed by atoms with Crippen molar-refractivity contribution < 1.29 is 45.8 Å². The van der Waals surface area contributed by atoms with E-state index in [0.29, 0.717) is 24.3 Å². The van der Waals surface area contributed by atoms with Crippen LogP contribution in [0.15, 0.2) is 48.5 Å². The summed E-state index contributed by atoms with van der Waals surface area (Å²) in [7, 11) is 0. The highest BCUT2D eigenvalue weighted by molar-refractivity contribution is 14.1. The van der Waals surface area contributed by atoms with Gasteiger partial charge in [-0.3, -0.25) is 9.59 Å². The lowest BCUT2D eigenvalue weighted by molar-refractivity contribution is -0.280. The van der Waals surface area contributed by atoms with Crippen molar-refractivity contribution in [1.82, 2.24) is 0 Å². The monoisotopic (exact) mass is 854 g/mol. The van der Waals surface area contributed by atoms with Crippen LogP contribution in [0.4, 0.5) is 22.0 Å². The van der Waals surface area contributed by atoms with Gasteiger partial charge < -0.3 is 14.2 Å². The molecule has 4 bridgehead atoms. The lowest BCUT2D eigenvalue weighted by Crippen LogP contribution is -2.60. The molecule has 3 aromatic rings. The van der Waals surface area contributed by atoms with Crippen molar-refractivity contribution in [1.29, 1.82) is 0 Å². The maximum atomic E-state index is 13.9. The Bertz CT molecular complexity index is 1630. The molecule has 0 N–H and O–H groups in total. The molecule has 240 valence electrons.